The molecule has 108 valence electrons. The Morgan fingerprint density at radius 3 is 2.71 bits per heavy atom. The largest absolute Gasteiger partial charge is 0.550 e. The SMILES string of the molecule is Cn1c([C@H](C#N)C(=O)CCCC(=O)[O-])nc2ccccc21. The molecule has 2 rings (SSSR count). The van der Waals surface area contributed by atoms with Gasteiger partial charge >= 0.3 is 0 Å². The van der Waals surface area contributed by atoms with Gasteiger partial charge in [0.2, 0.25) is 0 Å². The number of carboxylic acid groups (broad SMARTS) is 1. The van der Waals surface area contributed by atoms with Gasteiger partial charge in [0, 0.05) is 19.4 Å². The van der Waals surface area contributed by atoms with Gasteiger partial charge in [-0.1, -0.05) is 12.1 Å². The Morgan fingerprint density at radius 2 is 2.10 bits per heavy atom. The quantitative estimate of drug-likeness (QED) is 0.776. The highest BCUT2D eigenvalue weighted by Crippen LogP contribution is 2.22. The molecule has 0 aliphatic rings. The molecule has 1 atom stereocenters. The second-order valence-electron chi connectivity index (χ2n) is 4.77. The summed E-state index contributed by atoms with van der Waals surface area (Å²) < 4.78 is 1.72. The first-order valence-corrected chi connectivity index (χ1v) is 6.58. The molecule has 6 nitrogen and oxygen atoms in total. The van der Waals surface area contributed by atoms with E-state index in [-0.39, 0.29) is 25.0 Å². The van der Waals surface area contributed by atoms with Crippen molar-refractivity contribution >= 4 is 22.8 Å². The maximum atomic E-state index is 12.1. The Hall–Kier alpha value is -2.68. The van der Waals surface area contributed by atoms with E-state index in [1.807, 2.05) is 30.3 Å². The standard InChI is InChI=1S/C15H15N3O3/c1-18-12-6-3-2-5-11(12)17-15(18)10(9-16)13(19)7-4-8-14(20)21/h2-3,5-6,10H,4,7-8H2,1H3,(H,20,21)/p-1/t10-/m1/s1. The van der Waals surface area contributed by atoms with Gasteiger partial charge in [0.05, 0.1) is 17.1 Å². The van der Waals surface area contributed by atoms with Crippen LogP contribution >= 0.6 is 0 Å². The van der Waals surface area contributed by atoms with E-state index in [1.54, 1.807) is 11.6 Å². The second kappa shape index (κ2) is 6.18. The van der Waals surface area contributed by atoms with Crippen LogP contribution in [0.25, 0.3) is 11.0 Å². The molecule has 0 amide bonds. The summed E-state index contributed by atoms with van der Waals surface area (Å²) in [5, 5.41) is 19.6. The van der Waals surface area contributed by atoms with Crippen molar-refractivity contribution in [2.75, 3.05) is 0 Å². The van der Waals surface area contributed by atoms with Gasteiger partial charge in [-0.05, 0) is 25.0 Å². The summed E-state index contributed by atoms with van der Waals surface area (Å²) in [6, 6.07) is 9.33. The zero-order chi connectivity index (χ0) is 15.4. The monoisotopic (exact) mass is 284 g/mol. The van der Waals surface area contributed by atoms with Crippen LogP contribution in [0.4, 0.5) is 0 Å². The first-order valence-electron chi connectivity index (χ1n) is 6.58. The van der Waals surface area contributed by atoms with Gasteiger partial charge in [-0.2, -0.15) is 5.26 Å². The number of imidazole rings is 1. The van der Waals surface area contributed by atoms with Crippen molar-refractivity contribution in [1.82, 2.24) is 9.55 Å². The van der Waals surface area contributed by atoms with Crippen molar-refractivity contribution in [2.24, 2.45) is 7.05 Å². The predicted octanol–water partition coefficient (Wildman–Crippen LogP) is 0.670. The number of carbonyl (C=O) groups is 2. The molecule has 1 heterocycles. The molecule has 0 aliphatic heterocycles. The first kappa shape index (κ1) is 14.7. The highest BCUT2D eigenvalue weighted by Gasteiger charge is 2.25. The number of para-hydroxylation sites is 2. The van der Waals surface area contributed by atoms with Crippen molar-refractivity contribution in [3.05, 3.63) is 30.1 Å². The van der Waals surface area contributed by atoms with E-state index in [4.69, 9.17) is 0 Å². The Labute approximate surface area is 121 Å². The van der Waals surface area contributed by atoms with Crippen molar-refractivity contribution in [3.8, 4) is 6.07 Å². The molecule has 6 heteroatoms. The maximum absolute atomic E-state index is 12.1. The summed E-state index contributed by atoms with van der Waals surface area (Å²) >= 11 is 0. The lowest BCUT2D eigenvalue weighted by atomic mass is 10.00. The van der Waals surface area contributed by atoms with Crippen LogP contribution in [0.5, 0.6) is 0 Å². The van der Waals surface area contributed by atoms with Crippen LogP contribution in [-0.2, 0) is 16.6 Å². The molecule has 0 saturated heterocycles. The van der Waals surface area contributed by atoms with E-state index in [9.17, 15) is 20.0 Å². The molecule has 0 radical (unpaired) electrons. The first-order chi connectivity index (χ1) is 10.0. The minimum absolute atomic E-state index is 0.0232. The summed E-state index contributed by atoms with van der Waals surface area (Å²) in [6.07, 6.45) is 0.00509. The minimum Gasteiger partial charge on any atom is -0.550 e. The number of nitriles is 1. The zero-order valence-electron chi connectivity index (χ0n) is 11.6. The molecule has 1 aromatic carbocycles. The fourth-order valence-corrected chi connectivity index (χ4v) is 2.25. The molecular formula is C15H14N3O3-. The summed E-state index contributed by atoms with van der Waals surface area (Å²) in [5.41, 5.74) is 1.56. The molecule has 0 fully saturated rings. The smallest absolute Gasteiger partial charge is 0.162 e. The molecule has 0 N–H and O–H groups in total. The van der Waals surface area contributed by atoms with E-state index in [1.165, 1.54) is 0 Å². The number of nitrogens with zero attached hydrogens (tertiary/aromatic N) is 3. The number of benzene rings is 1. The van der Waals surface area contributed by atoms with E-state index >= 15 is 0 Å². The van der Waals surface area contributed by atoms with Crippen LogP contribution < -0.4 is 5.11 Å². The van der Waals surface area contributed by atoms with E-state index in [0.29, 0.717) is 5.82 Å². The second-order valence-corrected chi connectivity index (χ2v) is 4.77. The summed E-state index contributed by atoms with van der Waals surface area (Å²) in [6.45, 7) is 0. The molecule has 21 heavy (non-hydrogen) atoms. The molecule has 0 bridgehead atoms. The normalized spacial score (nSPS) is 12.0. The molecule has 0 spiro atoms. The number of hydrogen-bond donors (Lipinski definition) is 0. The van der Waals surface area contributed by atoms with Crippen LogP contribution in [0.3, 0.4) is 0 Å². The summed E-state index contributed by atoms with van der Waals surface area (Å²) in [4.78, 5) is 26.8. The number of ketones is 1. The fourth-order valence-electron chi connectivity index (χ4n) is 2.25. The number of aromatic nitrogens is 2. The van der Waals surface area contributed by atoms with Crippen molar-refractivity contribution in [1.29, 1.82) is 5.26 Å². The number of fused-ring (bicyclic) bond motifs is 1. The highest BCUT2D eigenvalue weighted by molar-refractivity contribution is 5.89. The van der Waals surface area contributed by atoms with Crippen LogP contribution in [0.1, 0.15) is 31.0 Å². The van der Waals surface area contributed by atoms with Gasteiger partial charge in [0.15, 0.2) is 11.7 Å². The van der Waals surface area contributed by atoms with Gasteiger partial charge < -0.3 is 14.5 Å². The Kier molecular flexibility index (Phi) is 4.33. The lowest BCUT2D eigenvalue weighted by Gasteiger charge is -2.08. The van der Waals surface area contributed by atoms with Crippen molar-refractivity contribution < 1.29 is 14.7 Å². The number of aryl methyl sites for hydroxylation is 1. The lowest BCUT2D eigenvalue weighted by molar-refractivity contribution is -0.305. The van der Waals surface area contributed by atoms with Gasteiger partial charge in [-0.3, -0.25) is 4.79 Å². The highest BCUT2D eigenvalue weighted by atomic mass is 16.4. The lowest BCUT2D eigenvalue weighted by Crippen LogP contribution is -2.22. The van der Waals surface area contributed by atoms with Gasteiger partial charge in [-0.15, -0.1) is 0 Å². The predicted molar refractivity (Wildman–Crippen MR) is 72.9 cm³/mol. The van der Waals surface area contributed by atoms with Gasteiger partial charge in [0.25, 0.3) is 0 Å². The molecular weight excluding hydrogens is 270 g/mol. The Morgan fingerprint density at radius 1 is 1.38 bits per heavy atom. The fraction of sp³-hybridized carbons (Fsp3) is 0.333. The molecule has 0 saturated carbocycles. The third-order valence-corrected chi connectivity index (χ3v) is 3.34. The van der Waals surface area contributed by atoms with Gasteiger partial charge in [0.1, 0.15) is 5.82 Å². The average Bonchev–Trinajstić information content (AvgIpc) is 2.77. The number of hydrogen-bond acceptors (Lipinski definition) is 5. The summed E-state index contributed by atoms with van der Waals surface area (Å²) in [7, 11) is 1.75. The third kappa shape index (κ3) is 3.08. The number of carbonyl (C=O) groups excluding carboxylic acids is 2. The minimum atomic E-state index is -1.20. The number of carboxylic acids is 1. The number of rotatable bonds is 6. The maximum Gasteiger partial charge on any atom is 0.162 e. The molecule has 0 unspecified atom stereocenters. The summed E-state index contributed by atoms with van der Waals surface area (Å²) in [5.74, 6) is -2.11. The molecule has 2 aromatic rings. The van der Waals surface area contributed by atoms with E-state index < -0.39 is 11.9 Å². The number of aliphatic carboxylic acids is 1. The van der Waals surface area contributed by atoms with Crippen LogP contribution in [-0.4, -0.2) is 21.3 Å². The van der Waals surface area contributed by atoms with Crippen LogP contribution in [0, 0.1) is 11.3 Å². The van der Waals surface area contributed by atoms with E-state index in [2.05, 4.69) is 4.98 Å². The molecule has 1 aromatic heterocycles. The van der Waals surface area contributed by atoms with Crippen LogP contribution in [0.15, 0.2) is 24.3 Å². The zero-order valence-corrected chi connectivity index (χ0v) is 11.6. The van der Waals surface area contributed by atoms with Crippen LogP contribution in [0.2, 0.25) is 0 Å². The van der Waals surface area contributed by atoms with Crippen molar-refractivity contribution in [2.45, 2.75) is 25.2 Å². The van der Waals surface area contributed by atoms with Crippen molar-refractivity contribution in [3.63, 3.8) is 0 Å². The van der Waals surface area contributed by atoms with E-state index in [0.717, 1.165) is 11.0 Å². The Balaban J connectivity index is 2.23. The van der Waals surface area contributed by atoms with Gasteiger partial charge in [-0.25, -0.2) is 4.98 Å². The number of Topliss-reactive ketones (excluding diaryl/α,β-unsaturated/α-hetero) is 1. The molecule has 0 aliphatic carbocycles. The average molecular weight is 284 g/mol. The third-order valence-electron chi connectivity index (χ3n) is 3.34. The Bertz CT molecular complexity index is 727. The topological polar surface area (TPSA) is 98.8 Å².